The summed E-state index contributed by atoms with van der Waals surface area (Å²) >= 11 is 0. The van der Waals surface area contributed by atoms with Gasteiger partial charge in [-0.25, -0.2) is 4.79 Å². The summed E-state index contributed by atoms with van der Waals surface area (Å²) < 4.78 is 16.2. The number of ether oxygens (including phenoxy) is 3. The second kappa shape index (κ2) is 7.11. The Morgan fingerprint density at radius 3 is 2.26 bits per heavy atom. The number of rotatable bonds is 3. The predicted molar refractivity (Wildman–Crippen MR) is 89.3 cm³/mol. The molecule has 1 atom stereocenters. The molecule has 0 bridgehead atoms. The summed E-state index contributed by atoms with van der Waals surface area (Å²) in [6.07, 6.45) is 1.76. The number of amides is 1. The van der Waals surface area contributed by atoms with Crippen LogP contribution in [0.2, 0.25) is 0 Å². The van der Waals surface area contributed by atoms with E-state index in [1.165, 1.54) is 0 Å². The van der Waals surface area contributed by atoms with Gasteiger partial charge in [-0.3, -0.25) is 0 Å². The molecule has 0 aliphatic carbocycles. The Hall–Kier alpha value is -1.91. The third-order valence-corrected chi connectivity index (χ3v) is 3.92. The molecule has 1 aliphatic heterocycles. The molecule has 1 aromatic rings. The van der Waals surface area contributed by atoms with Crippen molar-refractivity contribution in [2.45, 2.75) is 45.1 Å². The predicted octanol–water partition coefficient (Wildman–Crippen LogP) is 3.82. The first kappa shape index (κ1) is 17.4. The molecule has 23 heavy (non-hydrogen) atoms. The summed E-state index contributed by atoms with van der Waals surface area (Å²) in [5.41, 5.74) is 0.665. The average Bonchev–Trinajstić information content (AvgIpc) is 2.52. The lowest BCUT2D eigenvalue weighted by atomic mass is 9.90. The molecule has 0 N–H and O–H groups in total. The van der Waals surface area contributed by atoms with Gasteiger partial charge in [0.25, 0.3) is 0 Å². The zero-order valence-corrected chi connectivity index (χ0v) is 14.7. The highest BCUT2D eigenvalue weighted by Gasteiger charge is 2.28. The van der Waals surface area contributed by atoms with Crippen molar-refractivity contribution in [3.05, 3.63) is 23.8 Å². The van der Waals surface area contributed by atoms with Crippen molar-refractivity contribution in [2.24, 2.45) is 0 Å². The quantitative estimate of drug-likeness (QED) is 0.849. The lowest BCUT2D eigenvalue weighted by molar-refractivity contribution is 0.0198. The fourth-order valence-corrected chi connectivity index (χ4v) is 2.81. The molecule has 2 rings (SSSR count). The normalized spacial score (nSPS) is 18.5. The summed E-state index contributed by atoms with van der Waals surface area (Å²) in [6.45, 7) is 7.06. The fraction of sp³-hybridized carbons (Fsp3) is 0.611. The highest BCUT2D eigenvalue weighted by Crippen LogP contribution is 2.33. The standard InChI is InChI=1S/C18H27NO4/c1-18(2,3)23-17(20)19-8-6-7-13(12-19)14-9-15(21-4)11-16(10-14)22-5/h9-11,13H,6-8,12H2,1-5H3. The molecule has 1 aromatic carbocycles. The van der Waals surface area contributed by atoms with Gasteiger partial charge in [0.1, 0.15) is 17.1 Å². The molecule has 1 heterocycles. The van der Waals surface area contributed by atoms with Crippen LogP contribution in [0.25, 0.3) is 0 Å². The summed E-state index contributed by atoms with van der Waals surface area (Å²) in [6, 6.07) is 5.90. The van der Waals surface area contributed by atoms with Gasteiger partial charge in [0.15, 0.2) is 0 Å². The van der Waals surface area contributed by atoms with Gasteiger partial charge in [-0.15, -0.1) is 0 Å². The SMILES string of the molecule is COc1cc(OC)cc(C2CCCN(C(=O)OC(C)(C)C)C2)c1. The maximum atomic E-state index is 12.3. The van der Waals surface area contributed by atoms with Gasteiger partial charge < -0.3 is 19.1 Å². The van der Waals surface area contributed by atoms with E-state index in [2.05, 4.69) is 0 Å². The molecule has 1 saturated heterocycles. The van der Waals surface area contributed by atoms with Crippen molar-refractivity contribution in [1.29, 1.82) is 0 Å². The van der Waals surface area contributed by atoms with Crippen LogP contribution in [0.5, 0.6) is 11.5 Å². The van der Waals surface area contributed by atoms with Crippen LogP contribution in [-0.4, -0.2) is 43.9 Å². The highest BCUT2D eigenvalue weighted by molar-refractivity contribution is 5.68. The number of nitrogens with zero attached hydrogens (tertiary/aromatic N) is 1. The Morgan fingerprint density at radius 1 is 1.13 bits per heavy atom. The molecule has 0 aromatic heterocycles. The molecule has 5 heteroatoms. The Balaban J connectivity index is 2.13. The van der Waals surface area contributed by atoms with Crippen LogP contribution in [0, 0.1) is 0 Å². The first-order valence-electron chi connectivity index (χ1n) is 8.03. The number of likely N-dealkylation sites (tertiary alicyclic amines) is 1. The number of methoxy groups -OCH3 is 2. The molecule has 0 spiro atoms. The van der Waals surface area contributed by atoms with Gasteiger partial charge in [0.2, 0.25) is 0 Å². The zero-order valence-electron chi connectivity index (χ0n) is 14.7. The first-order valence-corrected chi connectivity index (χ1v) is 8.03. The van der Waals surface area contributed by atoms with Gasteiger partial charge in [-0.2, -0.15) is 0 Å². The zero-order chi connectivity index (χ0) is 17.0. The number of hydrogen-bond acceptors (Lipinski definition) is 4. The third kappa shape index (κ3) is 4.78. The van der Waals surface area contributed by atoms with Crippen LogP contribution < -0.4 is 9.47 Å². The first-order chi connectivity index (χ1) is 10.8. The molecule has 5 nitrogen and oxygen atoms in total. The van der Waals surface area contributed by atoms with E-state index in [-0.39, 0.29) is 12.0 Å². The Morgan fingerprint density at radius 2 is 1.74 bits per heavy atom. The van der Waals surface area contributed by atoms with Crippen molar-refractivity contribution >= 4 is 6.09 Å². The van der Waals surface area contributed by atoms with Crippen LogP contribution in [0.3, 0.4) is 0 Å². The van der Waals surface area contributed by atoms with E-state index in [9.17, 15) is 4.79 Å². The summed E-state index contributed by atoms with van der Waals surface area (Å²) in [7, 11) is 3.29. The molecule has 1 aliphatic rings. The molecular weight excluding hydrogens is 294 g/mol. The molecular formula is C18H27NO4. The minimum Gasteiger partial charge on any atom is -0.497 e. The van der Waals surface area contributed by atoms with Gasteiger partial charge >= 0.3 is 6.09 Å². The molecule has 1 amide bonds. The van der Waals surface area contributed by atoms with Crippen molar-refractivity contribution in [2.75, 3.05) is 27.3 Å². The number of carbonyl (C=O) groups is 1. The second-order valence-corrected chi connectivity index (χ2v) is 6.91. The van der Waals surface area contributed by atoms with E-state index in [0.717, 1.165) is 36.4 Å². The molecule has 0 saturated carbocycles. The molecule has 1 fully saturated rings. The minimum absolute atomic E-state index is 0.239. The van der Waals surface area contributed by atoms with Gasteiger partial charge in [-0.1, -0.05) is 0 Å². The summed E-state index contributed by atoms with van der Waals surface area (Å²) in [5.74, 6) is 1.81. The van der Waals surface area contributed by atoms with Crippen molar-refractivity contribution in [3.63, 3.8) is 0 Å². The maximum absolute atomic E-state index is 12.3. The lowest BCUT2D eigenvalue weighted by Crippen LogP contribution is -2.42. The lowest BCUT2D eigenvalue weighted by Gasteiger charge is -2.34. The van der Waals surface area contributed by atoms with Crippen LogP contribution in [0.15, 0.2) is 18.2 Å². The maximum Gasteiger partial charge on any atom is 0.410 e. The highest BCUT2D eigenvalue weighted by atomic mass is 16.6. The topological polar surface area (TPSA) is 48.0 Å². The number of benzene rings is 1. The average molecular weight is 321 g/mol. The summed E-state index contributed by atoms with van der Waals surface area (Å²) in [5, 5.41) is 0. The van der Waals surface area contributed by atoms with Crippen LogP contribution in [0.4, 0.5) is 4.79 Å². The Kier molecular flexibility index (Phi) is 5.39. The smallest absolute Gasteiger partial charge is 0.410 e. The van der Waals surface area contributed by atoms with E-state index in [4.69, 9.17) is 14.2 Å². The van der Waals surface area contributed by atoms with Crippen LogP contribution in [0.1, 0.15) is 45.1 Å². The van der Waals surface area contributed by atoms with E-state index >= 15 is 0 Å². The van der Waals surface area contributed by atoms with Crippen molar-refractivity contribution in [1.82, 2.24) is 4.90 Å². The van der Waals surface area contributed by atoms with Crippen molar-refractivity contribution < 1.29 is 19.0 Å². The van der Waals surface area contributed by atoms with Crippen LogP contribution in [-0.2, 0) is 4.74 Å². The van der Waals surface area contributed by atoms with E-state index in [1.54, 1.807) is 19.1 Å². The monoisotopic (exact) mass is 321 g/mol. The largest absolute Gasteiger partial charge is 0.497 e. The minimum atomic E-state index is -0.469. The second-order valence-electron chi connectivity index (χ2n) is 6.91. The molecule has 128 valence electrons. The van der Waals surface area contributed by atoms with Crippen LogP contribution >= 0.6 is 0 Å². The molecule has 1 unspecified atom stereocenters. The summed E-state index contributed by atoms with van der Waals surface area (Å²) in [4.78, 5) is 14.1. The number of carbonyl (C=O) groups excluding carboxylic acids is 1. The third-order valence-electron chi connectivity index (χ3n) is 3.92. The fourth-order valence-electron chi connectivity index (χ4n) is 2.81. The van der Waals surface area contributed by atoms with E-state index < -0.39 is 5.60 Å². The van der Waals surface area contributed by atoms with Gasteiger partial charge in [0, 0.05) is 25.1 Å². The Labute approximate surface area is 138 Å². The Bertz CT molecular complexity index is 528. The van der Waals surface area contributed by atoms with Crippen molar-refractivity contribution in [3.8, 4) is 11.5 Å². The van der Waals surface area contributed by atoms with Gasteiger partial charge in [-0.05, 0) is 51.3 Å². The number of hydrogen-bond donors (Lipinski definition) is 0. The number of piperidine rings is 1. The van der Waals surface area contributed by atoms with Gasteiger partial charge in [0.05, 0.1) is 14.2 Å². The molecule has 0 radical (unpaired) electrons. The van der Waals surface area contributed by atoms with E-state index in [0.29, 0.717) is 6.54 Å². The van der Waals surface area contributed by atoms with E-state index in [1.807, 2.05) is 39.0 Å².